The van der Waals surface area contributed by atoms with Gasteiger partial charge in [0.05, 0.1) is 0 Å². The summed E-state index contributed by atoms with van der Waals surface area (Å²) in [4.78, 5) is 0. The first-order chi connectivity index (χ1) is 51.5. The fourth-order valence-electron chi connectivity index (χ4n) is 15.3. The molecule has 7 rings (SSSR count). The summed E-state index contributed by atoms with van der Waals surface area (Å²) in [5, 5.41) is 48.1. The topological polar surface area (TPSA) is 123 Å². The Bertz CT molecular complexity index is 3470. The fraction of sp³-hybridized carbons (Fsp3) is 0.444. The van der Waals surface area contributed by atoms with E-state index >= 15 is 26.3 Å². The molecule has 0 fully saturated rings. The predicted octanol–water partition coefficient (Wildman–Crippen LogP) is 25.0. The van der Waals surface area contributed by atoms with Crippen LogP contribution in [0.15, 0.2) is 222 Å². The molecule has 564 valence electrons. The Morgan fingerprint density at radius 3 is 0.717 bits per heavy atom. The van der Waals surface area contributed by atoms with E-state index < -0.39 is 50.2 Å². The number of nitriles is 4. The molecule has 0 unspecified atom stereocenters. The van der Waals surface area contributed by atoms with Crippen molar-refractivity contribution in [1.82, 2.24) is 0 Å². The second kappa shape index (κ2) is 44.5. The molecule has 0 amide bonds. The van der Waals surface area contributed by atoms with E-state index in [9.17, 15) is 21.0 Å². The summed E-state index contributed by atoms with van der Waals surface area (Å²) in [5.41, 5.74) is -2.80. The van der Waals surface area contributed by atoms with E-state index in [0.717, 1.165) is 64.2 Å². The molecule has 0 saturated heterocycles. The van der Waals surface area contributed by atoms with Crippen molar-refractivity contribution < 1.29 is 39.9 Å². The number of hydrogen-bond donors (Lipinski definition) is 0. The van der Waals surface area contributed by atoms with Gasteiger partial charge in [0.15, 0.2) is 0 Å². The first kappa shape index (κ1) is 85.5. The molecule has 0 aromatic heterocycles. The van der Waals surface area contributed by atoms with E-state index in [1.54, 1.807) is 0 Å². The Morgan fingerprint density at radius 2 is 0.519 bits per heavy atom. The molecule has 0 aliphatic heterocycles. The van der Waals surface area contributed by atoms with Gasteiger partial charge in [-0.15, -0.1) is 0 Å². The van der Waals surface area contributed by atoms with Crippen LogP contribution in [0.5, 0.6) is 5.75 Å². The molecule has 0 radical (unpaired) electrons. The van der Waals surface area contributed by atoms with Crippen LogP contribution in [0.4, 0.5) is 26.3 Å². The van der Waals surface area contributed by atoms with Gasteiger partial charge in [-0.2, -0.15) is 0 Å². The summed E-state index contributed by atoms with van der Waals surface area (Å²) in [7, 11) is -2.37. The van der Waals surface area contributed by atoms with Gasteiger partial charge in [0, 0.05) is 0 Å². The molecule has 0 aliphatic rings. The summed E-state index contributed by atoms with van der Waals surface area (Å²) < 4.78 is 117. The number of hydrogen-bond acceptors (Lipinski definition) is 7. The van der Waals surface area contributed by atoms with Crippen LogP contribution in [0.3, 0.4) is 0 Å². The van der Waals surface area contributed by atoms with Crippen molar-refractivity contribution in [3.05, 3.63) is 234 Å². The zero-order valence-corrected chi connectivity index (χ0v) is 64.6. The SMILES string of the molecule is CCCCCCCCCCCCCCCCCCC(CP(OB(Oc1cc(C(F)(F)F)cc(C(F)(F)F)c1)OP(CC(CCCCCCCCCCCCCCCCCC)=C(C#N)C#N)(c1ccccc1)(c1ccccc1)c1ccccc1)(c1ccccc1)(c1ccccc1)c1ccccc1)=C(C#N)C#N. The third-order valence-corrected chi connectivity index (χ3v) is 32.6. The molecule has 0 bridgehead atoms. The van der Waals surface area contributed by atoms with Crippen LogP contribution in [-0.2, 0) is 21.2 Å². The van der Waals surface area contributed by atoms with Crippen LogP contribution in [0.2, 0.25) is 0 Å². The van der Waals surface area contributed by atoms with Crippen molar-refractivity contribution >= 4 is 52.8 Å². The van der Waals surface area contributed by atoms with Crippen LogP contribution >= 0.6 is 13.7 Å². The summed E-state index contributed by atoms with van der Waals surface area (Å²) in [6.45, 7) is -6.22. The zero-order chi connectivity index (χ0) is 75.7. The Kier molecular flexibility index (Phi) is 35.9. The van der Waals surface area contributed by atoms with Gasteiger partial charge < -0.3 is 0 Å². The van der Waals surface area contributed by atoms with E-state index in [0.29, 0.717) is 67.9 Å². The summed E-state index contributed by atoms with van der Waals surface area (Å²) >= 11 is 0. The first-order valence-corrected chi connectivity index (χ1v) is 44.0. The molecular formula is C90H111BF6N4O3P2. The number of rotatable bonds is 50. The van der Waals surface area contributed by atoms with Crippen molar-refractivity contribution in [2.24, 2.45) is 0 Å². The van der Waals surface area contributed by atoms with Gasteiger partial charge in [0.1, 0.15) is 0 Å². The minimum absolute atomic E-state index is 0.0433. The van der Waals surface area contributed by atoms with Gasteiger partial charge in [0.2, 0.25) is 0 Å². The number of alkyl halides is 6. The molecular weight excluding hydrogens is 1370 g/mol. The number of unbranched alkanes of at least 4 members (excludes halogenated alkanes) is 30. The maximum absolute atomic E-state index is 15.5. The van der Waals surface area contributed by atoms with Crippen LogP contribution in [0.25, 0.3) is 0 Å². The molecule has 7 nitrogen and oxygen atoms in total. The normalized spacial score (nSPS) is 12.5. The van der Waals surface area contributed by atoms with Crippen molar-refractivity contribution in [1.29, 1.82) is 21.0 Å². The third-order valence-electron chi connectivity index (χ3n) is 21.0. The molecule has 0 saturated carbocycles. The summed E-state index contributed by atoms with van der Waals surface area (Å²) in [6.07, 6.45) is 25.7. The Balaban J connectivity index is 1.43. The molecule has 0 atom stereocenters. The van der Waals surface area contributed by atoms with Crippen LogP contribution in [0, 0.1) is 45.3 Å². The molecule has 7 aromatic carbocycles. The Morgan fingerprint density at radius 1 is 0.311 bits per heavy atom. The van der Waals surface area contributed by atoms with Gasteiger partial charge >= 0.3 is 530 Å². The van der Waals surface area contributed by atoms with Crippen molar-refractivity contribution in [2.75, 3.05) is 12.3 Å². The standard InChI is InChI=1S/C90H111BF6N4O3P2/c1-3-5-7-9-11-13-15-17-19-21-23-25-27-29-31-39-53-76(78(70-98)71-99)74-105(83-55-41-33-42-56-83,84-57-43-34-44-58-84,85-59-45-35-46-60-85)103-91(102-82-68-80(89(92,93)94)67-81(69-82)90(95,96)97)104-106(86-61-47-36-48-62-86,87-63-49-37-50-64-87,88-65-51-38-52-66-88)75-77(79(72-100)73-101)54-40-32-30-28-26-24-22-20-18-16-14-12-10-8-6-4-2/h33-38,41-52,55-69H,3-32,39-40,53-54,74-75H2,1-2H3. The van der Waals surface area contributed by atoms with E-state index in [1.165, 1.54) is 128 Å². The van der Waals surface area contributed by atoms with Gasteiger partial charge in [-0.25, -0.2) is 0 Å². The second-order valence-corrected chi connectivity index (χ2v) is 37.6. The molecule has 0 spiro atoms. The number of halogens is 6. The van der Waals surface area contributed by atoms with E-state index in [-0.39, 0.29) is 42.4 Å². The molecule has 7 aromatic rings. The van der Waals surface area contributed by atoms with E-state index in [1.807, 2.05) is 182 Å². The van der Waals surface area contributed by atoms with Crippen molar-refractivity contribution in [2.45, 2.75) is 245 Å². The summed E-state index contributed by atoms with van der Waals surface area (Å²) in [5.74, 6) is -0.902. The predicted molar refractivity (Wildman–Crippen MR) is 430 cm³/mol. The molecule has 106 heavy (non-hydrogen) atoms. The fourth-order valence-corrected chi connectivity index (χ4v) is 27.0. The second-order valence-electron chi connectivity index (χ2n) is 28.6. The number of benzene rings is 7. The molecule has 0 heterocycles. The van der Waals surface area contributed by atoms with Gasteiger partial charge in [-0.1, -0.05) is 104 Å². The van der Waals surface area contributed by atoms with E-state index in [4.69, 9.17) is 13.5 Å². The average Bonchev–Trinajstić information content (AvgIpc) is 0.685. The monoisotopic (exact) mass is 1480 g/mol. The number of allylic oxidation sites excluding steroid dienone is 4. The Hall–Kier alpha value is -7.80. The van der Waals surface area contributed by atoms with Crippen molar-refractivity contribution in [3.8, 4) is 30.0 Å². The van der Waals surface area contributed by atoms with E-state index in [2.05, 4.69) is 38.1 Å². The van der Waals surface area contributed by atoms with Gasteiger partial charge in [-0.05, 0) is 0 Å². The maximum atomic E-state index is 15.5. The molecule has 0 aliphatic carbocycles. The number of nitrogens with zero attached hydrogens (tertiary/aromatic N) is 4. The first-order valence-electron chi connectivity index (χ1n) is 39.3. The van der Waals surface area contributed by atoms with Crippen LogP contribution in [0.1, 0.15) is 243 Å². The molecule has 0 N–H and O–H groups in total. The van der Waals surface area contributed by atoms with Gasteiger partial charge in [-0.3, -0.25) is 0 Å². The summed E-state index contributed by atoms with van der Waals surface area (Å²) in [6, 6.07) is 65.1. The average molecular weight is 1480 g/mol. The third kappa shape index (κ3) is 23.6. The Labute approximate surface area is 630 Å². The van der Waals surface area contributed by atoms with Crippen LogP contribution in [-0.4, -0.2) is 19.6 Å². The van der Waals surface area contributed by atoms with Gasteiger partial charge in [0.25, 0.3) is 0 Å². The molecule has 16 heteroatoms. The quantitative estimate of drug-likeness (QED) is 0.0122. The van der Waals surface area contributed by atoms with Crippen molar-refractivity contribution in [3.63, 3.8) is 0 Å². The minimum atomic E-state index is -5.35. The van der Waals surface area contributed by atoms with Crippen LogP contribution < -0.4 is 36.5 Å². The zero-order valence-electron chi connectivity index (χ0n) is 62.8.